The molecular weight excluding hydrogens is 168 g/mol. The van der Waals surface area contributed by atoms with Crippen LogP contribution >= 0.6 is 0 Å². The molecule has 0 spiro atoms. The summed E-state index contributed by atoms with van der Waals surface area (Å²) in [5.41, 5.74) is -0.0861. The van der Waals surface area contributed by atoms with Gasteiger partial charge in [-0.2, -0.15) is 0 Å². The first-order chi connectivity index (χ1) is 5.83. The van der Waals surface area contributed by atoms with Crippen molar-refractivity contribution in [3.05, 3.63) is 0 Å². The Balaban J connectivity index is 3.79. The molecule has 0 saturated heterocycles. The molecule has 0 aliphatic carbocycles. The molecule has 3 heteroatoms. The van der Waals surface area contributed by atoms with Crippen LogP contribution in [-0.4, -0.2) is 23.8 Å². The lowest BCUT2D eigenvalue weighted by atomic mass is 9.98. The largest absolute Gasteiger partial charge is 0.451 e. The first-order valence-corrected chi connectivity index (χ1v) is 4.17. The van der Waals surface area contributed by atoms with Gasteiger partial charge in [0.05, 0.1) is 0 Å². The third-order valence-electron chi connectivity index (χ3n) is 1.09. The molecule has 0 heterocycles. The van der Waals surface area contributed by atoms with E-state index in [1.807, 2.05) is 20.8 Å². The molecule has 0 bridgehead atoms. The zero-order valence-electron chi connectivity index (χ0n) is 8.55. The lowest BCUT2D eigenvalue weighted by Gasteiger charge is -2.07. The predicted octanol–water partition coefficient (Wildman–Crippen LogP) is 0.960. The van der Waals surface area contributed by atoms with Gasteiger partial charge >= 0.3 is 5.97 Å². The lowest BCUT2D eigenvalue weighted by Crippen LogP contribution is -2.19. The third-order valence-corrected chi connectivity index (χ3v) is 1.09. The Kier molecular flexibility index (Phi) is 4.50. The Labute approximate surface area is 79.1 Å². The Morgan fingerprint density at radius 3 is 2.46 bits per heavy atom. The third kappa shape index (κ3) is 7.35. The summed E-state index contributed by atoms with van der Waals surface area (Å²) in [4.78, 5) is 10.7. The molecule has 0 aromatic rings. The molecule has 0 saturated carbocycles. The minimum atomic E-state index is -1.07. The number of hydrogen-bond acceptors (Lipinski definition) is 3. The maximum Gasteiger partial charge on any atom is 0.335 e. The van der Waals surface area contributed by atoms with E-state index in [-0.39, 0.29) is 12.0 Å². The summed E-state index contributed by atoms with van der Waals surface area (Å²) in [6.45, 7) is 7.31. The second kappa shape index (κ2) is 4.88. The molecule has 1 atom stereocenters. The number of hydrogen-bond donors (Lipinski definition) is 1. The van der Waals surface area contributed by atoms with Gasteiger partial charge in [-0.25, -0.2) is 4.79 Å². The van der Waals surface area contributed by atoms with Crippen LogP contribution in [0.25, 0.3) is 0 Å². The van der Waals surface area contributed by atoms with Crippen molar-refractivity contribution in [1.82, 2.24) is 0 Å². The van der Waals surface area contributed by atoms with Crippen molar-refractivity contribution in [3.8, 4) is 11.8 Å². The Morgan fingerprint density at radius 1 is 1.54 bits per heavy atom. The molecule has 3 nitrogen and oxygen atoms in total. The lowest BCUT2D eigenvalue weighted by molar-refractivity contribution is -0.150. The number of aliphatic hydroxyl groups is 1. The number of rotatable bonds is 2. The molecule has 0 unspecified atom stereocenters. The molecule has 0 amide bonds. The smallest absolute Gasteiger partial charge is 0.335 e. The maximum atomic E-state index is 10.7. The van der Waals surface area contributed by atoms with E-state index in [2.05, 4.69) is 16.6 Å². The average Bonchev–Trinajstić information content (AvgIpc) is 1.95. The molecule has 0 aliphatic rings. The van der Waals surface area contributed by atoms with Crippen LogP contribution in [0.3, 0.4) is 0 Å². The number of carbonyl (C=O) groups is 1. The van der Waals surface area contributed by atoms with Crippen molar-refractivity contribution in [3.63, 3.8) is 0 Å². The summed E-state index contributed by atoms with van der Waals surface area (Å²) in [6, 6.07) is 0. The van der Waals surface area contributed by atoms with Crippen molar-refractivity contribution in [2.75, 3.05) is 6.61 Å². The van der Waals surface area contributed by atoms with Gasteiger partial charge in [0.25, 0.3) is 0 Å². The highest BCUT2D eigenvalue weighted by Gasteiger charge is 2.08. The van der Waals surface area contributed by atoms with Crippen molar-refractivity contribution in [2.45, 2.75) is 33.8 Å². The van der Waals surface area contributed by atoms with Crippen LogP contribution in [0.5, 0.6) is 0 Å². The fraction of sp³-hybridized carbons (Fsp3) is 0.700. The van der Waals surface area contributed by atoms with Gasteiger partial charge in [-0.3, -0.25) is 0 Å². The van der Waals surface area contributed by atoms with Gasteiger partial charge in [-0.1, -0.05) is 11.8 Å². The van der Waals surface area contributed by atoms with E-state index in [1.54, 1.807) is 0 Å². The monoisotopic (exact) mass is 184 g/mol. The standard InChI is InChI=1S/C10H16O3/c1-8(11)9(12)13-7-5-6-10(2,3)4/h8,11H,7H2,1-4H3/t8-/m0/s1. The Hall–Kier alpha value is -1.01. The van der Waals surface area contributed by atoms with Crippen LogP contribution in [0, 0.1) is 17.3 Å². The average molecular weight is 184 g/mol. The molecular formula is C10H16O3. The first-order valence-electron chi connectivity index (χ1n) is 4.17. The molecule has 0 radical (unpaired) electrons. The van der Waals surface area contributed by atoms with Gasteiger partial charge in [0.15, 0.2) is 6.61 Å². The van der Waals surface area contributed by atoms with Crippen LogP contribution in [0.4, 0.5) is 0 Å². The van der Waals surface area contributed by atoms with Gasteiger partial charge in [0.2, 0.25) is 0 Å². The summed E-state index contributed by atoms with van der Waals surface area (Å²) in [6.07, 6.45) is -1.07. The number of carbonyl (C=O) groups excluding carboxylic acids is 1. The highest BCUT2D eigenvalue weighted by atomic mass is 16.5. The van der Waals surface area contributed by atoms with Crippen LogP contribution in [0.1, 0.15) is 27.7 Å². The molecule has 0 aromatic heterocycles. The molecule has 1 N–H and O–H groups in total. The van der Waals surface area contributed by atoms with Crippen LogP contribution in [-0.2, 0) is 9.53 Å². The van der Waals surface area contributed by atoms with Gasteiger partial charge in [0.1, 0.15) is 6.10 Å². The van der Waals surface area contributed by atoms with E-state index in [0.29, 0.717) is 0 Å². The van der Waals surface area contributed by atoms with E-state index < -0.39 is 12.1 Å². The Morgan fingerprint density at radius 2 is 2.08 bits per heavy atom. The van der Waals surface area contributed by atoms with Gasteiger partial charge in [-0.05, 0) is 27.7 Å². The van der Waals surface area contributed by atoms with Crippen molar-refractivity contribution in [1.29, 1.82) is 0 Å². The zero-order valence-corrected chi connectivity index (χ0v) is 8.55. The molecule has 74 valence electrons. The van der Waals surface area contributed by atoms with Crippen LogP contribution < -0.4 is 0 Å². The molecule has 13 heavy (non-hydrogen) atoms. The SMILES string of the molecule is C[C@H](O)C(=O)OCC#CC(C)(C)C. The molecule has 0 fully saturated rings. The number of aliphatic hydroxyl groups excluding tert-OH is 1. The summed E-state index contributed by atoms with van der Waals surface area (Å²) in [7, 11) is 0. The minimum Gasteiger partial charge on any atom is -0.451 e. The molecule has 0 aliphatic heterocycles. The van der Waals surface area contributed by atoms with E-state index in [4.69, 9.17) is 5.11 Å². The first kappa shape index (κ1) is 12.0. The predicted molar refractivity (Wildman–Crippen MR) is 49.9 cm³/mol. The topological polar surface area (TPSA) is 46.5 Å². The van der Waals surface area contributed by atoms with Crippen molar-refractivity contribution >= 4 is 5.97 Å². The molecule has 0 rings (SSSR count). The van der Waals surface area contributed by atoms with Crippen molar-refractivity contribution < 1.29 is 14.6 Å². The fourth-order valence-electron chi connectivity index (χ4n) is 0.529. The van der Waals surface area contributed by atoms with E-state index in [0.717, 1.165) is 0 Å². The normalized spacial score (nSPS) is 12.7. The van der Waals surface area contributed by atoms with E-state index >= 15 is 0 Å². The summed E-state index contributed by atoms with van der Waals surface area (Å²) in [5, 5.41) is 8.76. The van der Waals surface area contributed by atoms with Gasteiger partial charge < -0.3 is 9.84 Å². The van der Waals surface area contributed by atoms with Gasteiger partial charge in [-0.15, -0.1) is 0 Å². The Bertz CT molecular complexity index is 225. The quantitative estimate of drug-likeness (QED) is 0.513. The fourth-order valence-corrected chi connectivity index (χ4v) is 0.529. The highest BCUT2D eigenvalue weighted by Crippen LogP contribution is 2.09. The second-order valence-electron chi connectivity index (χ2n) is 3.84. The van der Waals surface area contributed by atoms with Gasteiger partial charge in [0, 0.05) is 5.41 Å². The summed E-state index contributed by atoms with van der Waals surface area (Å²) < 4.78 is 4.64. The summed E-state index contributed by atoms with van der Waals surface area (Å²) >= 11 is 0. The number of esters is 1. The maximum absolute atomic E-state index is 10.7. The molecule has 0 aromatic carbocycles. The highest BCUT2D eigenvalue weighted by molar-refractivity contribution is 5.73. The zero-order chi connectivity index (χ0) is 10.5. The second-order valence-corrected chi connectivity index (χ2v) is 3.84. The van der Waals surface area contributed by atoms with E-state index in [9.17, 15) is 4.79 Å². The van der Waals surface area contributed by atoms with E-state index in [1.165, 1.54) is 6.92 Å². The minimum absolute atomic E-state index is 0.0427. The van der Waals surface area contributed by atoms with Crippen LogP contribution in [0.15, 0.2) is 0 Å². The van der Waals surface area contributed by atoms with Crippen molar-refractivity contribution in [2.24, 2.45) is 5.41 Å². The number of ether oxygens (including phenoxy) is 1. The van der Waals surface area contributed by atoms with Crippen LogP contribution in [0.2, 0.25) is 0 Å². The summed E-state index contributed by atoms with van der Waals surface area (Å²) in [5.74, 6) is 4.98.